The van der Waals surface area contributed by atoms with Gasteiger partial charge in [-0.3, -0.25) is 9.69 Å². The van der Waals surface area contributed by atoms with Crippen LogP contribution in [-0.2, 0) is 11.3 Å². The van der Waals surface area contributed by atoms with Gasteiger partial charge in [0.25, 0.3) is 0 Å². The monoisotopic (exact) mass is 434 g/mol. The van der Waals surface area contributed by atoms with Crippen molar-refractivity contribution in [2.24, 2.45) is 0 Å². The van der Waals surface area contributed by atoms with Crippen LogP contribution in [0.15, 0.2) is 30.3 Å². The second kappa shape index (κ2) is 9.37. The normalized spacial score (nSPS) is 18.9. The molecule has 0 N–H and O–H groups in total. The Morgan fingerprint density at radius 3 is 2.79 bits per heavy atom. The predicted octanol–water partition coefficient (Wildman–Crippen LogP) is 4.75. The summed E-state index contributed by atoms with van der Waals surface area (Å²) in [6.07, 6.45) is 2.90. The minimum atomic E-state index is 0.106. The van der Waals surface area contributed by atoms with E-state index in [4.69, 9.17) is 21.1 Å². The second-order valence-corrected chi connectivity index (χ2v) is 9.31. The summed E-state index contributed by atoms with van der Waals surface area (Å²) in [5.74, 6) is 1.78. The number of thiophene rings is 1. The molecule has 0 aliphatic carbocycles. The Morgan fingerprint density at radius 1 is 1.21 bits per heavy atom. The van der Waals surface area contributed by atoms with E-state index in [1.807, 2.05) is 23.1 Å². The zero-order valence-corrected chi connectivity index (χ0v) is 18.3. The standard InChI is InChI=1S/C22H27ClN2O3S/c1-2-24(14-17-7-9-21(23)29-17)15-22(26)25-10-3-5-18(25)16-6-8-19-20(13-16)28-12-4-11-27-19/h6-9,13,18H,2-5,10-12,14-15H2,1H3. The van der Waals surface area contributed by atoms with Crippen LogP contribution >= 0.6 is 22.9 Å². The van der Waals surface area contributed by atoms with Gasteiger partial charge in [-0.25, -0.2) is 0 Å². The van der Waals surface area contributed by atoms with Crippen LogP contribution < -0.4 is 9.47 Å². The molecule has 4 rings (SSSR count). The van der Waals surface area contributed by atoms with Gasteiger partial charge in [-0.15, -0.1) is 11.3 Å². The van der Waals surface area contributed by atoms with Gasteiger partial charge in [0.05, 0.1) is 30.1 Å². The maximum atomic E-state index is 13.1. The molecule has 0 spiro atoms. The molecule has 0 radical (unpaired) electrons. The molecule has 7 heteroatoms. The largest absolute Gasteiger partial charge is 0.490 e. The van der Waals surface area contributed by atoms with Gasteiger partial charge in [-0.2, -0.15) is 0 Å². The second-order valence-electron chi connectivity index (χ2n) is 7.51. The minimum absolute atomic E-state index is 0.106. The van der Waals surface area contributed by atoms with Crippen LogP contribution in [0.5, 0.6) is 11.5 Å². The molecule has 1 amide bonds. The van der Waals surface area contributed by atoms with E-state index in [9.17, 15) is 4.79 Å². The van der Waals surface area contributed by atoms with Gasteiger partial charge >= 0.3 is 0 Å². The molecular formula is C22H27ClN2O3S. The fourth-order valence-electron chi connectivity index (χ4n) is 4.02. The SMILES string of the molecule is CCN(CC(=O)N1CCCC1c1ccc2c(c1)OCCCO2)Cc1ccc(Cl)s1. The quantitative estimate of drug-likeness (QED) is 0.658. The molecule has 1 fully saturated rings. The van der Waals surface area contributed by atoms with Gasteiger partial charge in [0.1, 0.15) is 0 Å². The Kier molecular flexibility index (Phi) is 6.63. The average Bonchev–Trinajstić information content (AvgIpc) is 3.30. The zero-order valence-electron chi connectivity index (χ0n) is 16.7. The van der Waals surface area contributed by atoms with Crippen molar-refractivity contribution in [3.05, 3.63) is 45.1 Å². The highest BCUT2D eigenvalue weighted by molar-refractivity contribution is 7.16. The zero-order chi connectivity index (χ0) is 20.2. The molecule has 0 saturated carbocycles. The van der Waals surface area contributed by atoms with E-state index in [0.29, 0.717) is 19.8 Å². The molecule has 0 bridgehead atoms. The summed E-state index contributed by atoms with van der Waals surface area (Å²) in [7, 11) is 0. The number of hydrogen-bond acceptors (Lipinski definition) is 5. The summed E-state index contributed by atoms with van der Waals surface area (Å²) < 4.78 is 12.4. The lowest BCUT2D eigenvalue weighted by Gasteiger charge is -2.28. The fraction of sp³-hybridized carbons (Fsp3) is 0.500. The highest BCUT2D eigenvalue weighted by atomic mass is 35.5. The molecule has 3 heterocycles. The first-order valence-corrected chi connectivity index (χ1v) is 11.5. The van der Waals surface area contributed by atoms with Gasteiger partial charge in [0.2, 0.25) is 5.91 Å². The smallest absolute Gasteiger partial charge is 0.237 e. The number of rotatable bonds is 6. The van der Waals surface area contributed by atoms with Crippen molar-refractivity contribution in [1.82, 2.24) is 9.80 Å². The summed E-state index contributed by atoms with van der Waals surface area (Å²) >= 11 is 7.63. The average molecular weight is 435 g/mol. The van der Waals surface area contributed by atoms with Crippen molar-refractivity contribution >= 4 is 28.8 Å². The van der Waals surface area contributed by atoms with Gasteiger partial charge in [0.15, 0.2) is 11.5 Å². The van der Waals surface area contributed by atoms with Crippen molar-refractivity contribution < 1.29 is 14.3 Å². The maximum absolute atomic E-state index is 13.1. The molecule has 156 valence electrons. The number of amides is 1. The molecule has 2 aromatic rings. The van der Waals surface area contributed by atoms with E-state index in [2.05, 4.69) is 24.0 Å². The highest BCUT2D eigenvalue weighted by Gasteiger charge is 2.31. The van der Waals surface area contributed by atoms with Gasteiger partial charge in [-0.1, -0.05) is 24.6 Å². The van der Waals surface area contributed by atoms with Crippen molar-refractivity contribution in [2.45, 2.75) is 38.8 Å². The van der Waals surface area contributed by atoms with Crippen LogP contribution in [0.4, 0.5) is 0 Å². The third kappa shape index (κ3) is 4.87. The van der Waals surface area contributed by atoms with Crippen molar-refractivity contribution in [3.63, 3.8) is 0 Å². The van der Waals surface area contributed by atoms with E-state index < -0.39 is 0 Å². The van der Waals surface area contributed by atoms with E-state index in [-0.39, 0.29) is 11.9 Å². The fourth-order valence-corrected chi connectivity index (χ4v) is 5.15. The molecular weight excluding hydrogens is 408 g/mol. The number of likely N-dealkylation sites (N-methyl/N-ethyl adjacent to an activating group) is 1. The Hall–Kier alpha value is -1.76. The number of ether oxygens (including phenoxy) is 2. The number of hydrogen-bond donors (Lipinski definition) is 0. The summed E-state index contributed by atoms with van der Waals surface area (Å²) in [6.45, 7) is 6.25. The van der Waals surface area contributed by atoms with Crippen LogP contribution in [0, 0.1) is 0 Å². The third-order valence-electron chi connectivity index (χ3n) is 5.54. The number of carbonyl (C=O) groups is 1. The van der Waals surface area contributed by atoms with Crippen LogP contribution in [0.1, 0.15) is 42.7 Å². The van der Waals surface area contributed by atoms with Crippen molar-refractivity contribution in [2.75, 3.05) is 32.8 Å². The summed E-state index contributed by atoms with van der Waals surface area (Å²) in [6, 6.07) is 10.2. The van der Waals surface area contributed by atoms with Crippen LogP contribution in [0.2, 0.25) is 4.34 Å². The van der Waals surface area contributed by atoms with E-state index in [1.165, 1.54) is 4.88 Å². The summed E-state index contributed by atoms with van der Waals surface area (Å²) in [4.78, 5) is 18.5. The Morgan fingerprint density at radius 2 is 2.03 bits per heavy atom. The Labute approximate surface area is 181 Å². The van der Waals surface area contributed by atoms with Gasteiger partial charge in [0, 0.05) is 24.4 Å². The van der Waals surface area contributed by atoms with Gasteiger partial charge < -0.3 is 14.4 Å². The molecule has 5 nitrogen and oxygen atoms in total. The first-order chi connectivity index (χ1) is 14.1. The molecule has 2 aliphatic rings. The lowest BCUT2D eigenvalue weighted by Crippen LogP contribution is -2.39. The number of likely N-dealkylation sites (tertiary alicyclic amines) is 1. The molecule has 29 heavy (non-hydrogen) atoms. The number of halogens is 1. The lowest BCUT2D eigenvalue weighted by atomic mass is 10.0. The van der Waals surface area contributed by atoms with Crippen molar-refractivity contribution in [1.29, 1.82) is 0 Å². The number of carbonyl (C=O) groups excluding carboxylic acids is 1. The van der Waals surface area contributed by atoms with Gasteiger partial charge in [-0.05, 0) is 49.2 Å². The topological polar surface area (TPSA) is 42.0 Å². The first-order valence-electron chi connectivity index (χ1n) is 10.3. The summed E-state index contributed by atoms with van der Waals surface area (Å²) in [5.41, 5.74) is 1.13. The van der Waals surface area contributed by atoms with Crippen LogP contribution in [0.25, 0.3) is 0 Å². The maximum Gasteiger partial charge on any atom is 0.237 e. The Balaban J connectivity index is 1.44. The Bertz CT molecular complexity index is 856. The number of fused-ring (bicyclic) bond motifs is 1. The highest BCUT2D eigenvalue weighted by Crippen LogP contribution is 2.38. The molecule has 1 aromatic heterocycles. The number of nitrogens with zero attached hydrogens (tertiary/aromatic N) is 2. The van der Waals surface area contributed by atoms with Crippen LogP contribution in [-0.4, -0.2) is 48.6 Å². The third-order valence-corrected chi connectivity index (χ3v) is 6.76. The summed E-state index contributed by atoms with van der Waals surface area (Å²) in [5, 5.41) is 0. The van der Waals surface area contributed by atoms with Crippen LogP contribution in [0.3, 0.4) is 0 Å². The first kappa shape index (κ1) is 20.5. The molecule has 1 unspecified atom stereocenters. The molecule has 2 aliphatic heterocycles. The predicted molar refractivity (Wildman–Crippen MR) is 116 cm³/mol. The minimum Gasteiger partial charge on any atom is -0.490 e. The van der Waals surface area contributed by atoms with E-state index in [1.54, 1.807) is 11.3 Å². The van der Waals surface area contributed by atoms with Crippen molar-refractivity contribution in [3.8, 4) is 11.5 Å². The van der Waals surface area contributed by atoms with E-state index in [0.717, 1.165) is 60.3 Å². The molecule has 1 aromatic carbocycles. The van der Waals surface area contributed by atoms with E-state index >= 15 is 0 Å². The lowest BCUT2D eigenvalue weighted by molar-refractivity contribution is -0.133. The molecule has 1 atom stereocenters. The number of benzene rings is 1. The molecule has 1 saturated heterocycles.